The largest absolute Gasteiger partial charge is 0.497 e. The van der Waals surface area contributed by atoms with Crippen LogP contribution in [0.2, 0.25) is 0 Å². The van der Waals surface area contributed by atoms with Crippen LogP contribution in [0.3, 0.4) is 0 Å². The Hall–Kier alpha value is -4.60. The molecule has 0 saturated heterocycles. The first-order valence-corrected chi connectivity index (χ1v) is 16.8. The van der Waals surface area contributed by atoms with Crippen molar-refractivity contribution in [1.82, 2.24) is 0 Å². The van der Waals surface area contributed by atoms with Crippen LogP contribution in [0.5, 0.6) is 11.5 Å². The summed E-state index contributed by atoms with van der Waals surface area (Å²) < 4.78 is 12.5. The molecule has 1 heterocycles. The Labute approximate surface area is 273 Å². The molecule has 6 aromatic rings. The molecule has 3 nitrogen and oxygen atoms in total. The molecule has 0 aromatic heterocycles. The molecule has 0 saturated carbocycles. The summed E-state index contributed by atoms with van der Waals surface area (Å²) in [6, 6.07) is 40.1. The van der Waals surface area contributed by atoms with E-state index in [2.05, 4.69) is 111 Å². The van der Waals surface area contributed by atoms with E-state index in [0.717, 1.165) is 48.6 Å². The van der Waals surface area contributed by atoms with Crippen LogP contribution in [0.1, 0.15) is 44.2 Å². The van der Waals surface area contributed by atoms with Crippen molar-refractivity contribution in [1.29, 1.82) is 0 Å². The van der Waals surface area contributed by atoms with E-state index in [0.29, 0.717) is 0 Å². The number of benzene rings is 6. The minimum Gasteiger partial charge on any atom is -0.497 e. The van der Waals surface area contributed by atoms with Gasteiger partial charge in [-0.3, -0.25) is 0 Å². The molecule has 0 spiro atoms. The van der Waals surface area contributed by atoms with Crippen LogP contribution in [0.25, 0.3) is 54.9 Å². The van der Waals surface area contributed by atoms with Crippen molar-refractivity contribution in [2.45, 2.75) is 46.2 Å². The molecular weight excluding hydrogens is 562 g/mol. The quantitative estimate of drug-likeness (QED) is 0.152. The summed E-state index contributed by atoms with van der Waals surface area (Å²) in [6.45, 7) is 8.94. The van der Waals surface area contributed by atoms with Gasteiger partial charge < -0.3 is 14.0 Å². The molecule has 3 heteroatoms. The molecule has 46 heavy (non-hydrogen) atoms. The maximum Gasteiger partial charge on any atom is 0.119 e. The van der Waals surface area contributed by atoms with E-state index in [1.165, 1.54) is 78.9 Å². The lowest BCUT2D eigenvalue weighted by atomic mass is 9.82. The summed E-state index contributed by atoms with van der Waals surface area (Å²) >= 11 is 0. The molecule has 1 aliphatic rings. The number of quaternary nitrogens is 1. The van der Waals surface area contributed by atoms with Crippen molar-refractivity contribution < 1.29 is 14.0 Å². The topological polar surface area (TPSA) is 18.5 Å². The maximum absolute atomic E-state index is 5.75. The van der Waals surface area contributed by atoms with Crippen molar-refractivity contribution in [2.75, 3.05) is 27.3 Å². The number of rotatable bonds is 9. The van der Waals surface area contributed by atoms with E-state index >= 15 is 0 Å². The molecule has 0 radical (unpaired) electrons. The summed E-state index contributed by atoms with van der Waals surface area (Å²) in [5, 5.41) is 5.19. The monoisotopic (exact) mass is 606 g/mol. The zero-order valence-corrected chi connectivity index (χ0v) is 27.6. The predicted molar refractivity (Wildman–Crippen MR) is 193 cm³/mol. The lowest BCUT2D eigenvalue weighted by Gasteiger charge is -2.39. The van der Waals surface area contributed by atoms with Gasteiger partial charge >= 0.3 is 0 Å². The second kappa shape index (κ2) is 12.7. The van der Waals surface area contributed by atoms with Crippen molar-refractivity contribution in [3.63, 3.8) is 0 Å². The first kappa shape index (κ1) is 30.1. The fourth-order valence-electron chi connectivity index (χ4n) is 7.90. The second-order valence-corrected chi connectivity index (χ2v) is 12.9. The van der Waals surface area contributed by atoms with E-state index in [4.69, 9.17) is 9.47 Å². The molecule has 0 unspecified atom stereocenters. The van der Waals surface area contributed by atoms with Gasteiger partial charge in [0.25, 0.3) is 0 Å². The van der Waals surface area contributed by atoms with Crippen LogP contribution in [0, 0.1) is 0 Å². The summed E-state index contributed by atoms with van der Waals surface area (Å²) in [5.41, 5.74) is 10.7. The number of methoxy groups -OCH3 is 2. The number of unbranched alkanes of at least 4 members (excludes halogenated alkanes) is 1. The van der Waals surface area contributed by atoms with Gasteiger partial charge in [0, 0.05) is 22.3 Å². The zero-order chi connectivity index (χ0) is 31.7. The number of ether oxygens (including phenoxy) is 2. The molecule has 7 rings (SSSR count). The highest BCUT2D eigenvalue weighted by Gasteiger charge is 2.37. The molecule has 6 aromatic carbocycles. The zero-order valence-electron chi connectivity index (χ0n) is 27.6. The predicted octanol–water partition coefficient (Wildman–Crippen LogP) is 11.1. The SMILES string of the molecule is CCCC[N+]1(CCC)Cc2c(-c3cccc(OC)c3)cc3ccccc3c2-c2c(c(-c3cccc(OC)c3)cc3ccccc23)C1. The van der Waals surface area contributed by atoms with Gasteiger partial charge in [-0.2, -0.15) is 0 Å². The molecule has 0 aliphatic carbocycles. The Balaban J connectivity index is 1.68. The van der Waals surface area contributed by atoms with Crippen molar-refractivity contribution in [2.24, 2.45) is 0 Å². The van der Waals surface area contributed by atoms with E-state index in [9.17, 15) is 0 Å². The van der Waals surface area contributed by atoms with Gasteiger partial charge in [0.05, 0.1) is 27.3 Å². The smallest absolute Gasteiger partial charge is 0.119 e. The number of nitrogens with zero attached hydrogens (tertiary/aromatic N) is 1. The summed E-state index contributed by atoms with van der Waals surface area (Å²) in [6.07, 6.45) is 3.53. The third-order valence-corrected chi connectivity index (χ3v) is 10.00. The minimum atomic E-state index is 0.888. The number of hydrogen-bond acceptors (Lipinski definition) is 2. The average Bonchev–Trinajstić information content (AvgIpc) is 3.25. The third-order valence-electron chi connectivity index (χ3n) is 10.00. The highest BCUT2D eigenvalue weighted by atomic mass is 16.5. The summed E-state index contributed by atoms with van der Waals surface area (Å²) in [4.78, 5) is 0. The first-order valence-electron chi connectivity index (χ1n) is 16.8. The summed E-state index contributed by atoms with van der Waals surface area (Å²) in [5.74, 6) is 1.78. The molecule has 232 valence electrons. The molecule has 0 atom stereocenters. The van der Waals surface area contributed by atoms with E-state index in [1.807, 2.05) is 12.1 Å². The average molecular weight is 607 g/mol. The Kier molecular flexibility index (Phi) is 8.27. The molecular formula is C43H44NO2+. The standard InChI is InChI=1S/C43H44NO2/c1-5-7-23-44(22-6-2)28-40-38(30-16-12-18-34(24-30)45-3)26-32-14-8-10-20-36(32)42(40)43-37-21-11-9-15-33(37)27-39(41(43)29-44)31-17-13-19-35(25-31)46-4/h8-21,24-27H,5-7,22-23,28-29H2,1-4H3/q+1. The Bertz CT molecular complexity index is 1900. The fourth-order valence-corrected chi connectivity index (χ4v) is 7.90. The van der Waals surface area contributed by atoms with Gasteiger partial charge in [0.1, 0.15) is 24.6 Å². The Morgan fingerprint density at radius 1 is 0.543 bits per heavy atom. The lowest BCUT2D eigenvalue weighted by Crippen LogP contribution is -2.47. The minimum absolute atomic E-state index is 0.888. The molecule has 0 N–H and O–H groups in total. The Morgan fingerprint density at radius 3 is 1.50 bits per heavy atom. The van der Waals surface area contributed by atoms with Crippen LogP contribution >= 0.6 is 0 Å². The van der Waals surface area contributed by atoms with Crippen molar-refractivity contribution >= 4 is 21.5 Å². The van der Waals surface area contributed by atoms with Crippen molar-refractivity contribution in [3.05, 3.63) is 120 Å². The van der Waals surface area contributed by atoms with Crippen LogP contribution < -0.4 is 9.47 Å². The highest BCUT2D eigenvalue weighted by Crippen LogP contribution is 2.50. The third kappa shape index (κ3) is 5.33. The second-order valence-electron chi connectivity index (χ2n) is 12.9. The Morgan fingerprint density at radius 2 is 1.04 bits per heavy atom. The van der Waals surface area contributed by atoms with Gasteiger partial charge in [-0.05, 0) is 93.0 Å². The normalized spacial score (nSPS) is 13.7. The van der Waals surface area contributed by atoms with Gasteiger partial charge in [-0.1, -0.05) is 93.1 Å². The number of hydrogen-bond donors (Lipinski definition) is 0. The van der Waals surface area contributed by atoms with Crippen LogP contribution in [-0.2, 0) is 13.1 Å². The van der Waals surface area contributed by atoms with Crippen LogP contribution in [-0.4, -0.2) is 31.8 Å². The molecule has 0 fully saturated rings. The fraction of sp³-hybridized carbons (Fsp3) is 0.256. The molecule has 1 aliphatic heterocycles. The summed E-state index contributed by atoms with van der Waals surface area (Å²) in [7, 11) is 3.52. The molecule has 0 bridgehead atoms. The molecule has 0 amide bonds. The maximum atomic E-state index is 5.75. The van der Waals surface area contributed by atoms with E-state index < -0.39 is 0 Å². The highest BCUT2D eigenvalue weighted by molar-refractivity contribution is 6.12. The van der Waals surface area contributed by atoms with Gasteiger partial charge in [0.15, 0.2) is 0 Å². The van der Waals surface area contributed by atoms with Gasteiger partial charge in [-0.25, -0.2) is 0 Å². The first-order chi connectivity index (χ1) is 22.6. The lowest BCUT2D eigenvalue weighted by molar-refractivity contribution is -0.953. The van der Waals surface area contributed by atoms with Gasteiger partial charge in [-0.15, -0.1) is 0 Å². The van der Waals surface area contributed by atoms with E-state index in [-0.39, 0.29) is 0 Å². The van der Waals surface area contributed by atoms with Crippen molar-refractivity contribution in [3.8, 4) is 44.9 Å². The van der Waals surface area contributed by atoms with Crippen LogP contribution in [0.4, 0.5) is 0 Å². The number of fused-ring (bicyclic) bond motifs is 7. The van der Waals surface area contributed by atoms with E-state index in [1.54, 1.807) is 14.2 Å². The van der Waals surface area contributed by atoms with Crippen LogP contribution in [0.15, 0.2) is 109 Å². The van der Waals surface area contributed by atoms with Gasteiger partial charge in [0.2, 0.25) is 0 Å².